The van der Waals surface area contributed by atoms with Gasteiger partial charge in [0.25, 0.3) is 5.91 Å². The minimum absolute atomic E-state index is 0.0658. The normalized spacial score (nSPS) is 19.2. The largest absolute Gasteiger partial charge is 0.488 e. The monoisotopic (exact) mass is 500 g/mol. The first-order chi connectivity index (χ1) is 16.0. The van der Waals surface area contributed by atoms with E-state index in [4.69, 9.17) is 20.8 Å². The summed E-state index contributed by atoms with van der Waals surface area (Å²) < 4.78 is 14.7. The van der Waals surface area contributed by atoms with E-state index in [1.165, 1.54) is 0 Å². The molecule has 1 aliphatic carbocycles. The van der Waals surface area contributed by atoms with Crippen molar-refractivity contribution in [2.45, 2.75) is 76.8 Å². The zero-order valence-corrected chi connectivity index (χ0v) is 22.2. The van der Waals surface area contributed by atoms with Crippen LogP contribution in [-0.4, -0.2) is 41.0 Å². The number of anilines is 1. The highest BCUT2D eigenvalue weighted by Crippen LogP contribution is 2.40. The number of rotatable bonds is 6. The molecule has 2 aromatic heterocycles. The maximum Gasteiger partial charge on any atom is 0.259 e. The third kappa shape index (κ3) is 5.45. The summed E-state index contributed by atoms with van der Waals surface area (Å²) in [4.78, 5) is 13.0. The number of fused-ring (bicyclic) bond motifs is 1. The molecule has 0 atom stereocenters. The molecule has 1 aliphatic rings. The third-order valence-electron chi connectivity index (χ3n) is 6.94. The Labute approximate surface area is 206 Å². The highest BCUT2D eigenvalue weighted by atomic mass is 35.5. The highest BCUT2D eigenvalue weighted by Gasteiger charge is 2.40. The lowest BCUT2D eigenvalue weighted by Gasteiger charge is -2.41. The van der Waals surface area contributed by atoms with Gasteiger partial charge in [-0.3, -0.25) is 9.20 Å². The summed E-state index contributed by atoms with van der Waals surface area (Å²) in [5.74, 6) is 0.317. The zero-order valence-electron chi connectivity index (χ0n) is 20.5. The maximum absolute atomic E-state index is 13.0. The molecular weight excluding hydrogens is 468 g/mol. The number of hydrogen-bond donors (Lipinski definition) is 1. The molecule has 0 saturated heterocycles. The molecule has 3 aromatic rings. The second-order valence-corrected chi connectivity index (χ2v) is 15.7. The van der Waals surface area contributed by atoms with Crippen molar-refractivity contribution in [1.29, 1.82) is 0 Å². The van der Waals surface area contributed by atoms with Gasteiger partial charge in [-0.2, -0.15) is 0 Å². The first-order valence-corrected chi connectivity index (χ1v) is 15.1. The molecule has 0 radical (unpaired) electrons. The number of pyridine rings is 1. The van der Waals surface area contributed by atoms with Gasteiger partial charge in [0.1, 0.15) is 12.1 Å². The van der Waals surface area contributed by atoms with Crippen molar-refractivity contribution in [3.63, 3.8) is 0 Å². The van der Waals surface area contributed by atoms with Gasteiger partial charge in [-0.1, -0.05) is 32.4 Å². The molecule has 0 aliphatic heterocycles. The van der Waals surface area contributed by atoms with Crippen LogP contribution in [0.4, 0.5) is 5.69 Å². The summed E-state index contributed by atoms with van der Waals surface area (Å²) >= 11 is 6.24. The van der Waals surface area contributed by atoms with Gasteiger partial charge in [0.15, 0.2) is 14.0 Å². The average molecular weight is 501 g/mol. The van der Waals surface area contributed by atoms with Crippen LogP contribution >= 0.6 is 11.6 Å². The van der Waals surface area contributed by atoms with E-state index in [-0.39, 0.29) is 23.2 Å². The molecular formula is C25H33ClN4O3Si. The lowest BCUT2D eigenvalue weighted by Crippen LogP contribution is -2.45. The van der Waals surface area contributed by atoms with Gasteiger partial charge in [0.05, 0.1) is 17.4 Å². The Hall–Kier alpha value is -2.42. The number of carbonyl (C=O) groups excluding carboxylic acids is 1. The Morgan fingerprint density at radius 3 is 2.56 bits per heavy atom. The first kappa shape index (κ1) is 24.7. The first-order valence-electron chi connectivity index (χ1n) is 11.8. The van der Waals surface area contributed by atoms with Crippen LogP contribution in [0.2, 0.25) is 23.2 Å². The number of aromatic nitrogens is 3. The van der Waals surface area contributed by atoms with E-state index in [1.54, 1.807) is 41.2 Å². The molecule has 0 bridgehead atoms. The van der Waals surface area contributed by atoms with Gasteiger partial charge < -0.3 is 14.5 Å². The summed E-state index contributed by atoms with van der Waals surface area (Å²) in [6, 6.07) is 8.80. The number of ether oxygens (including phenoxy) is 1. The average Bonchev–Trinajstić information content (AvgIpc) is 3.25. The molecule has 182 valence electrons. The Bertz CT molecular complexity index is 1170. The number of nitrogens with one attached hydrogen (secondary N) is 1. The molecule has 1 saturated carbocycles. The van der Waals surface area contributed by atoms with Crippen molar-refractivity contribution >= 4 is 37.2 Å². The minimum Gasteiger partial charge on any atom is -0.488 e. The van der Waals surface area contributed by atoms with Crippen molar-refractivity contribution in [3.05, 3.63) is 53.4 Å². The van der Waals surface area contributed by atoms with Crippen LogP contribution in [0, 0.1) is 0 Å². The van der Waals surface area contributed by atoms with Crippen molar-refractivity contribution in [1.82, 2.24) is 14.6 Å². The topological polar surface area (TPSA) is 77.8 Å². The minimum atomic E-state index is -1.78. The maximum atomic E-state index is 13.0. The lowest BCUT2D eigenvalue weighted by atomic mass is 9.95. The predicted molar refractivity (Wildman–Crippen MR) is 137 cm³/mol. The van der Waals surface area contributed by atoms with E-state index in [9.17, 15) is 4.79 Å². The van der Waals surface area contributed by atoms with Crippen LogP contribution in [0.3, 0.4) is 0 Å². The predicted octanol–water partition coefficient (Wildman–Crippen LogP) is 6.35. The molecule has 1 N–H and O–H groups in total. The molecule has 1 amide bonds. The quantitative estimate of drug-likeness (QED) is 0.399. The smallest absolute Gasteiger partial charge is 0.259 e. The van der Waals surface area contributed by atoms with E-state index in [0.29, 0.717) is 27.7 Å². The van der Waals surface area contributed by atoms with Gasteiger partial charge in [0, 0.05) is 17.3 Å². The summed E-state index contributed by atoms with van der Waals surface area (Å²) in [6.45, 7) is 11.4. The molecule has 1 fully saturated rings. The Morgan fingerprint density at radius 1 is 1.15 bits per heavy atom. The fraction of sp³-hybridized carbons (Fsp3) is 0.480. The van der Waals surface area contributed by atoms with E-state index < -0.39 is 8.32 Å². The van der Waals surface area contributed by atoms with Crippen LogP contribution in [0.5, 0.6) is 5.75 Å². The fourth-order valence-corrected chi connectivity index (χ4v) is 5.56. The van der Waals surface area contributed by atoms with Gasteiger partial charge in [-0.15, -0.1) is 10.2 Å². The zero-order chi connectivity index (χ0) is 24.5. The standard InChI is InChI=1S/C25H33ClN4O3Si/c1-25(2,3)34(4,5)33-19-11-9-18(10-12-19)32-22-13-8-17(26)15-21(22)28-24(31)20-7-6-14-30-16-27-29-23(20)30/h6-8,13-16,18-19H,9-12H2,1-5H3,(H,28,31). The van der Waals surface area contributed by atoms with Crippen LogP contribution in [-0.2, 0) is 4.43 Å². The molecule has 7 nitrogen and oxygen atoms in total. The molecule has 0 spiro atoms. The van der Waals surface area contributed by atoms with Crippen LogP contribution in [0.15, 0.2) is 42.9 Å². The summed E-state index contributed by atoms with van der Waals surface area (Å²) in [5, 5.41) is 11.6. The Morgan fingerprint density at radius 2 is 1.85 bits per heavy atom. The van der Waals surface area contributed by atoms with Gasteiger partial charge in [0.2, 0.25) is 0 Å². The van der Waals surface area contributed by atoms with Gasteiger partial charge in [-0.05, 0) is 74.1 Å². The molecule has 9 heteroatoms. The van der Waals surface area contributed by atoms with Crippen molar-refractivity contribution < 1.29 is 14.0 Å². The molecule has 4 rings (SSSR count). The molecule has 1 aromatic carbocycles. The van der Waals surface area contributed by atoms with Gasteiger partial charge in [-0.25, -0.2) is 0 Å². The van der Waals surface area contributed by atoms with E-state index in [2.05, 4.69) is 49.4 Å². The van der Waals surface area contributed by atoms with Crippen LogP contribution in [0.1, 0.15) is 56.8 Å². The number of halogens is 1. The number of nitrogens with zero attached hydrogens (tertiary/aromatic N) is 3. The van der Waals surface area contributed by atoms with E-state index in [1.807, 2.05) is 6.07 Å². The van der Waals surface area contributed by atoms with Crippen molar-refractivity contribution in [2.24, 2.45) is 0 Å². The lowest BCUT2D eigenvalue weighted by molar-refractivity contribution is 0.0729. The van der Waals surface area contributed by atoms with E-state index in [0.717, 1.165) is 25.7 Å². The summed E-state index contributed by atoms with van der Waals surface area (Å²) in [5.41, 5.74) is 1.46. The van der Waals surface area contributed by atoms with Crippen LogP contribution < -0.4 is 10.1 Å². The van der Waals surface area contributed by atoms with Crippen molar-refractivity contribution in [3.8, 4) is 5.75 Å². The SMILES string of the molecule is CC(C)(C)[Si](C)(C)OC1CCC(Oc2ccc(Cl)cc2NC(=O)c2cccn3cnnc23)CC1. The summed E-state index contributed by atoms with van der Waals surface area (Å²) in [6.07, 6.45) is 7.48. The fourth-order valence-electron chi connectivity index (χ4n) is 3.96. The number of amides is 1. The Kier molecular flexibility index (Phi) is 7.03. The van der Waals surface area contributed by atoms with Gasteiger partial charge >= 0.3 is 0 Å². The van der Waals surface area contributed by atoms with Crippen LogP contribution in [0.25, 0.3) is 5.65 Å². The Balaban J connectivity index is 1.42. The number of benzene rings is 1. The van der Waals surface area contributed by atoms with E-state index >= 15 is 0 Å². The highest BCUT2D eigenvalue weighted by molar-refractivity contribution is 6.74. The third-order valence-corrected chi connectivity index (χ3v) is 11.7. The molecule has 0 unspecified atom stereocenters. The number of carbonyl (C=O) groups is 1. The summed E-state index contributed by atoms with van der Waals surface area (Å²) in [7, 11) is -1.78. The molecule has 34 heavy (non-hydrogen) atoms. The molecule has 2 heterocycles. The number of hydrogen-bond acceptors (Lipinski definition) is 5. The second-order valence-electron chi connectivity index (χ2n) is 10.5. The van der Waals surface area contributed by atoms with Crippen molar-refractivity contribution in [2.75, 3.05) is 5.32 Å². The second kappa shape index (κ2) is 9.68.